The molecule has 0 spiro atoms. The number of likely N-dealkylation sites (tertiary alicyclic amines) is 1. The zero-order valence-electron chi connectivity index (χ0n) is 12.4. The first-order chi connectivity index (χ1) is 8.67. The molecule has 2 amide bonds. The lowest BCUT2D eigenvalue weighted by atomic mass is 10.1. The van der Waals surface area contributed by atoms with Crippen LogP contribution in [0.4, 0.5) is 4.79 Å². The number of nitrogens with one attached hydrogen (secondary N) is 2. The molecule has 1 saturated heterocycles. The van der Waals surface area contributed by atoms with E-state index in [0.29, 0.717) is 13.1 Å². The monoisotopic (exact) mass is 271 g/mol. The molecule has 1 aliphatic rings. The highest BCUT2D eigenvalue weighted by molar-refractivity contribution is 5.78. The van der Waals surface area contributed by atoms with Crippen LogP contribution in [-0.2, 0) is 9.53 Å². The van der Waals surface area contributed by atoms with E-state index in [-0.39, 0.29) is 30.6 Å². The second kappa shape index (κ2) is 6.23. The Hall–Kier alpha value is -1.30. The molecule has 2 N–H and O–H groups in total. The van der Waals surface area contributed by atoms with Gasteiger partial charge in [0.1, 0.15) is 5.60 Å². The summed E-state index contributed by atoms with van der Waals surface area (Å²) in [6, 6.07) is 0.319. The maximum absolute atomic E-state index is 11.7. The van der Waals surface area contributed by atoms with E-state index in [1.54, 1.807) is 4.90 Å². The van der Waals surface area contributed by atoms with Gasteiger partial charge in [0.2, 0.25) is 5.91 Å². The Bertz CT molecular complexity index is 331. The second-order valence-electron chi connectivity index (χ2n) is 6.19. The minimum Gasteiger partial charge on any atom is -0.444 e. The van der Waals surface area contributed by atoms with E-state index in [2.05, 4.69) is 10.6 Å². The molecule has 1 fully saturated rings. The molecule has 1 rings (SSSR count). The fourth-order valence-electron chi connectivity index (χ4n) is 1.69. The van der Waals surface area contributed by atoms with Crippen LogP contribution in [0.3, 0.4) is 0 Å². The summed E-state index contributed by atoms with van der Waals surface area (Å²) < 4.78 is 5.25. The molecule has 0 aromatic heterocycles. The van der Waals surface area contributed by atoms with Crippen LogP contribution in [0.1, 0.15) is 34.6 Å². The summed E-state index contributed by atoms with van der Waals surface area (Å²) >= 11 is 0. The number of nitrogens with zero attached hydrogens (tertiary/aromatic N) is 1. The number of carbonyl (C=O) groups excluding carboxylic acids is 2. The van der Waals surface area contributed by atoms with Gasteiger partial charge in [-0.3, -0.25) is 4.79 Å². The largest absolute Gasteiger partial charge is 0.444 e. The van der Waals surface area contributed by atoms with E-state index in [1.165, 1.54) is 0 Å². The quantitative estimate of drug-likeness (QED) is 0.790. The van der Waals surface area contributed by atoms with Gasteiger partial charge in [0, 0.05) is 25.2 Å². The number of hydrogen-bond donors (Lipinski definition) is 2. The molecule has 6 nitrogen and oxygen atoms in total. The SMILES string of the molecule is CC(C)NC(=O)CNC1CN(C(=O)OC(C)(C)C)C1. The fraction of sp³-hybridized carbons (Fsp3) is 0.846. The molecule has 1 aliphatic heterocycles. The molecular formula is C13H25N3O3. The van der Waals surface area contributed by atoms with E-state index in [9.17, 15) is 9.59 Å². The van der Waals surface area contributed by atoms with Crippen molar-refractivity contribution < 1.29 is 14.3 Å². The van der Waals surface area contributed by atoms with Crippen molar-refractivity contribution in [2.45, 2.75) is 52.3 Å². The highest BCUT2D eigenvalue weighted by atomic mass is 16.6. The first-order valence-electron chi connectivity index (χ1n) is 6.68. The Kier molecular flexibility index (Phi) is 5.17. The summed E-state index contributed by atoms with van der Waals surface area (Å²) in [7, 11) is 0. The van der Waals surface area contributed by atoms with Crippen molar-refractivity contribution >= 4 is 12.0 Å². The van der Waals surface area contributed by atoms with E-state index in [0.717, 1.165) is 0 Å². The van der Waals surface area contributed by atoms with Gasteiger partial charge in [0.15, 0.2) is 0 Å². The average molecular weight is 271 g/mol. The van der Waals surface area contributed by atoms with Crippen LogP contribution in [0.2, 0.25) is 0 Å². The molecular weight excluding hydrogens is 246 g/mol. The van der Waals surface area contributed by atoms with Crippen LogP contribution in [0.15, 0.2) is 0 Å². The number of ether oxygens (including phenoxy) is 1. The maximum atomic E-state index is 11.7. The third-order valence-corrected chi connectivity index (χ3v) is 2.53. The van der Waals surface area contributed by atoms with Crippen molar-refractivity contribution in [1.82, 2.24) is 15.5 Å². The second-order valence-corrected chi connectivity index (χ2v) is 6.19. The summed E-state index contributed by atoms with van der Waals surface area (Å²) in [5.74, 6) is -0.0225. The van der Waals surface area contributed by atoms with Crippen LogP contribution >= 0.6 is 0 Å². The predicted molar refractivity (Wildman–Crippen MR) is 72.9 cm³/mol. The summed E-state index contributed by atoms with van der Waals surface area (Å²) in [6.45, 7) is 10.8. The molecule has 19 heavy (non-hydrogen) atoms. The summed E-state index contributed by atoms with van der Waals surface area (Å²) in [6.07, 6.45) is -0.294. The molecule has 110 valence electrons. The summed E-state index contributed by atoms with van der Waals surface area (Å²) in [5.41, 5.74) is -0.466. The molecule has 0 bridgehead atoms. The first kappa shape index (κ1) is 15.8. The van der Waals surface area contributed by atoms with Gasteiger partial charge in [-0.25, -0.2) is 4.79 Å². The van der Waals surface area contributed by atoms with Crippen molar-refractivity contribution in [2.75, 3.05) is 19.6 Å². The van der Waals surface area contributed by atoms with Crippen molar-refractivity contribution in [3.8, 4) is 0 Å². The number of carbonyl (C=O) groups is 2. The van der Waals surface area contributed by atoms with Gasteiger partial charge in [-0.15, -0.1) is 0 Å². The normalized spacial score (nSPS) is 16.2. The van der Waals surface area contributed by atoms with Crippen LogP contribution < -0.4 is 10.6 Å². The molecule has 6 heteroatoms. The van der Waals surface area contributed by atoms with Crippen molar-refractivity contribution in [1.29, 1.82) is 0 Å². The van der Waals surface area contributed by atoms with Gasteiger partial charge in [-0.05, 0) is 34.6 Å². The Morgan fingerprint density at radius 2 is 1.89 bits per heavy atom. The van der Waals surface area contributed by atoms with E-state index in [4.69, 9.17) is 4.74 Å². The fourth-order valence-corrected chi connectivity index (χ4v) is 1.69. The zero-order chi connectivity index (χ0) is 14.6. The third-order valence-electron chi connectivity index (χ3n) is 2.53. The summed E-state index contributed by atoms with van der Waals surface area (Å²) in [4.78, 5) is 24.7. The van der Waals surface area contributed by atoms with Gasteiger partial charge >= 0.3 is 6.09 Å². The molecule has 0 atom stereocenters. The number of rotatable bonds is 4. The molecule has 0 aromatic rings. The lowest BCUT2D eigenvalue weighted by molar-refractivity contribution is -0.121. The molecule has 1 heterocycles. The van der Waals surface area contributed by atoms with Gasteiger partial charge in [0.05, 0.1) is 6.54 Å². The Balaban J connectivity index is 2.17. The van der Waals surface area contributed by atoms with Crippen LogP contribution in [-0.4, -0.2) is 54.2 Å². The zero-order valence-corrected chi connectivity index (χ0v) is 12.4. The minimum atomic E-state index is -0.466. The highest BCUT2D eigenvalue weighted by Gasteiger charge is 2.33. The number of hydrogen-bond acceptors (Lipinski definition) is 4. The lowest BCUT2D eigenvalue weighted by Gasteiger charge is -2.40. The topological polar surface area (TPSA) is 70.7 Å². The Morgan fingerprint density at radius 1 is 1.32 bits per heavy atom. The van der Waals surface area contributed by atoms with Crippen molar-refractivity contribution in [3.63, 3.8) is 0 Å². The predicted octanol–water partition coefficient (Wildman–Crippen LogP) is 0.720. The number of amides is 2. The third kappa shape index (κ3) is 5.92. The highest BCUT2D eigenvalue weighted by Crippen LogP contribution is 2.14. The van der Waals surface area contributed by atoms with Crippen molar-refractivity contribution in [3.05, 3.63) is 0 Å². The van der Waals surface area contributed by atoms with Crippen LogP contribution in [0, 0.1) is 0 Å². The minimum absolute atomic E-state index is 0.0225. The molecule has 0 aromatic carbocycles. The van der Waals surface area contributed by atoms with Gasteiger partial charge < -0.3 is 20.3 Å². The molecule has 0 radical (unpaired) electrons. The van der Waals surface area contributed by atoms with Gasteiger partial charge in [-0.1, -0.05) is 0 Å². The standard InChI is InChI=1S/C13H25N3O3/c1-9(2)15-11(17)6-14-10-7-16(8-10)12(18)19-13(3,4)5/h9-10,14H,6-8H2,1-5H3,(H,15,17). The molecule has 0 unspecified atom stereocenters. The van der Waals surface area contributed by atoms with Crippen molar-refractivity contribution in [2.24, 2.45) is 0 Å². The maximum Gasteiger partial charge on any atom is 0.410 e. The van der Waals surface area contributed by atoms with E-state index < -0.39 is 5.60 Å². The first-order valence-corrected chi connectivity index (χ1v) is 6.68. The van der Waals surface area contributed by atoms with Crippen LogP contribution in [0.25, 0.3) is 0 Å². The Morgan fingerprint density at radius 3 is 2.37 bits per heavy atom. The van der Waals surface area contributed by atoms with Gasteiger partial charge in [0.25, 0.3) is 0 Å². The Labute approximate surface area is 114 Å². The summed E-state index contributed by atoms with van der Waals surface area (Å²) in [5, 5.41) is 5.92. The average Bonchev–Trinajstić information content (AvgIpc) is 2.10. The molecule has 0 aliphatic carbocycles. The van der Waals surface area contributed by atoms with E-state index >= 15 is 0 Å². The lowest BCUT2D eigenvalue weighted by Crippen LogP contribution is -2.61. The van der Waals surface area contributed by atoms with E-state index in [1.807, 2.05) is 34.6 Å². The van der Waals surface area contributed by atoms with Crippen LogP contribution in [0.5, 0.6) is 0 Å². The molecule has 0 saturated carbocycles. The van der Waals surface area contributed by atoms with Gasteiger partial charge in [-0.2, -0.15) is 0 Å². The smallest absolute Gasteiger partial charge is 0.410 e.